The fourth-order valence-corrected chi connectivity index (χ4v) is 6.89. The fourth-order valence-electron chi connectivity index (χ4n) is 4.09. The van der Waals surface area contributed by atoms with Gasteiger partial charge in [-0.2, -0.15) is 0 Å². The van der Waals surface area contributed by atoms with E-state index in [2.05, 4.69) is 70.5 Å². The maximum Gasteiger partial charge on any atom is 0.234 e. The summed E-state index contributed by atoms with van der Waals surface area (Å²) in [4.78, 5) is 18.8. The molecule has 0 aliphatic heterocycles. The zero-order valence-corrected chi connectivity index (χ0v) is 23.6. The van der Waals surface area contributed by atoms with Gasteiger partial charge in [0.1, 0.15) is 5.01 Å². The lowest BCUT2D eigenvalue weighted by atomic mass is 10.2. The third-order valence-corrected chi connectivity index (χ3v) is 8.89. The van der Waals surface area contributed by atoms with Crippen LogP contribution in [0.25, 0.3) is 32.2 Å². The number of hydrogen-bond donors (Lipinski definition) is 1. The summed E-state index contributed by atoms with van der Waals surface area (Å²) in [6.07, 6.45) is 3.18. The molecule has 0 bridgehead atoms. The third kappa shape index (κ3) is 5.95. The average Bonchev–Trinajstić information content (AvgIpc) is 3.62. The fraction of sp³-hybridized carbons (Fsp3) is 0.286. The molecule has 6 nitrogen and oxygen atoms in total. The summed E-state index contributed by atoms with van der Waals surface area (Å²) < 4.78 is 3.31. The summed E-state index contributed by atoms with van der Waals surface area (Å²) in [6, 6.07) is 16.4. The second-order valence-electron chi connectivity index (χ2n) is 8.91. The number of hydrogen-bond acceptors (Lipinski definition) is 7. The number of fused-ring (bicyclic) bond motifs is 1. The van der Waals surface area contributed by atoms with E-state index in [0.29, 0.717) is 0 Å². The highest BCUT2D eigenvalue weighted by atomic mass is 32.2. The molecule has 5 rings (SSSR count). The Kier molecular flexibility index (Phi) is 8.02. The largest absolute Gasteiger partial charge is 0.325 e. The molecule has 1 N–H and O–H groups in total. The molecule has 2 aromatic carbocycles. The van der Waals surface area contributed by atoms with E-state index in [1.165, 1.54) is 26.9 Å². The first-order valence-corrected chi connectivity index (χ1v) is 15.1. The van der Waals surface area contributed by atoms with Gasteiger partial charge in [-0.3, -0.25) is 4.79 Å². The Bertz CT molecular complexity index is 1520. The van der Waals surface area contributed by atoms with Gasteiger partial charge >= 0.3 is 0 Å². The van der Waals surface area contributed by atoms with Crippen molar-refractivity contribution in [3.8, 4) is 22.0 Å². The van der Waals surface area contributed by atoms with Gasteiger partial charge in [0.05, 0.1) is 16.0 Å². The van der Waals surface area contributed by atoms with Crippen LogP contribution >= 0.6 is 34.4 Å². The first-order chi connectivity index (χ1) is 18.0. The van der Waals surface area contributed by atoms with Gasteiger partial charge in [0.25, 0.3) is 0 Å². The standard InChI is InChI=1S/C28H29N5OS3/c1-4-6-22-15-20(16-35-22)26-31-32-28(33(26)13-5-2)36-17-25(34)29-21-10-8-19(9-11-21)27-30-23-12-7-18(3)14-24(23)37-27/h7-12,14-16H,4-6,13,17H2,1-3H3,(H,29,34). The first-order valence-electron chi connectivity index (χ1n) is 12.4. The van der Waals surface area contributed by atoms with Crippen LogP contribution in [0.3, 0.4) is 0 Å². The number of thiazole rings is 1. The van der Waals surface area contributed by atoms with Crippen LogP contribution in [0.15, 0.2) is 59.1 Å². The quantitative estimate of drug-likeness (QED) is 0.182. The Morgan fingerprint density at radius 1 is 1.03 bits per heavy atom. The Morgan fingerprint density at radius 3 is 2.65 bits per heavy atom. The second-order valence-corrected chi connectivity index (χ2v) is 11.9. The van der Waals surface area contributed by atoms with E-state index >= 15 is 0 Å². The van der Waals surface area contributed by atoms with Gasteiger partial charge < -0.3 is 9.88 Å². The van der Waals surface area contributed by atoms with Crippen molar-refractivity contribution >= 4 is 56.2 Å². The molecular weight excluding hydrogens is 519 g/mol. The molecule has 5 aromatic rings. The van der Waals surface area contributed by atoms with Crippen LogP contribution in [0.1, 0.15) is 37.1 Å². The van der Waals surface area contributed by atoms with Crippen molar-refractivity contribution in [2.24, 2.45) is 0 Å². The molecule has 0 spiro atoms. The van der Waals surface area contributed by atoms with Gasteiger partial charge in [-0.05, 0) is 67.8 Å². The molecule has 3 aromatic heterocycles. The van der Waals surface area contributed by atoms with Crippen LogP contribution in [0, 0.1) is 6.92 Å². The van der Waals surface area contributed by atoms with E-state index in [0.717, 1.165) is 64.1 Å². The number of aromatic nitrogens is 4. The molecule has 0 saturated carbocycles. The smallest absolute Gasteiger partial charge is 0.234 e. The number of benzene rings is 2. The number of rotatable bonds is 10. The van der Waals surface area contributed by atoms with Crippen molar-refractivity contribution in [3.05, 3.63) is 64.4 Å². The maximum atomic E-state index is 12.7. The van der Waals surface area contributed by atoms with Crippen molar-refractivity contribution < 1.29 is 4.79 Å². The van der Waals surface area contributed by atoms with Crippen LogP contribution in [0.4, 0.5) is 5.69 Å². The average molecular weight is 548 g/mol. The monoisotopic (exact) mass is 547 g/mol. The lowest BCUT2D eigenvalue weighted by Gasteiger charge is -2.09. The zero-order chi connectivity index (χ0) is 25.8. The van der Waals surface area contributed by atoms with Crippen molar-refractivity contribution in [2.75, 3.05) is 11.1 Å². The molecule has 3 heterocycles. The molecule has 0 aliphatic rings. The predicted octanol–water partition coefficient (Wildman–Crippen LogP) is 7.69. The molecule has 0 unspecified atom stereocenters. The highest BCUT2D eigenvalue weighted by Crippen LogP contribution is 2.32. The maximum absolute atomic E-state index is 12.7. The van der Waals surface area contributed by atoms with E-state index in [1.54, 1.807) is 22.7 Å². The Morgan fingerprint density at radius 2 is 1.86 bits per heavy atom. The van der Waals surface area contributed by atoms with Crippen molar-refractivity contribution in [3.63, 3.8) is 0 Å². The first kappa shape index (κ1) is 25.6. The Balaban J connectivity index is 1.22. The normalized spacial score (nSPS) is 11.3. The predicted molar refractivity (Wildman–Crippen MR) is 157 cm³/mol. The number of anilines is 1. The SMILES string of the molecule is CCCc1cc(-c2nnc(SCC(=O)Nc3ccc(-c4nc5ccc(C)cc5s4)cc3)n2CCC)cs1. The third-order valence-electron chi connectivity index (χ3n) is 5.86. The Hall–Kier alpha value is -3.01. The second kappa shape index (κ2) is 11.6. The van der Waals surface area contributed by atoms with Crippen molar-refractivity contribution in [1.82, 2.24) is 19.7 Å². The van der Waals surface area contributed by atoms with Crippen LogP contribution < -0.4 is 5.32 Å². The molecule has 0 aliphatic carbocycles. The lowest BCUT2D eigenvalue weighted by molar-refractivity contribution is -0.113. The molecule has 1 amide bonds. The number of nitrogens with one attached hydrogen (secondary N) is 1. The number of thioether (sulfide) groups is 1. The number of amides is 1. The van der Waals surface area contributed by atoms with Gasteiger partial charge in [0, 0.05) is 33.6 Å². The highest BCUT2D eigenvalue weighted by Gasteiger charge is 2.17. The molecule has 37 heavy (non-hydrogen) atoms. The molecule has 0 saturated heterocycles. The van der Waals surface area contributed by atoms with E-state index in [4.69, 9.17) is 4.98 Å². The molecule has 9 heteroatoms. The number of carbonyl (C=O) groups excluding carboxylic acids is 1. The minimum Gasteiger partial charge on any atom is -0.325 e. The van der Waals surface area contributed by atoms with Gasteiger partial charge in [0.15, 0.2) is 11.0 Å². The summed E-state index contributed by atoms with van der Waals surface area (Å²) in [7, 11) is 0. The van der Waals surface area contributed by atoms with Crippen molar-refractivity contribution in [2.45, 2.75) is 51.7 Å². The van der Waals surface area contributed by atoms with Crippen LogP contribution in [-0.4, -0.2) is 31.4 Å². The molecule has 0 radical (unpaired) electrons. The van der Waals surface area contributed by atoms with Gasteiger partial charge in [-0.25, -0.2) is 4.98 Å². The van der Waals surface area contributed by atoms with E-state index in [-0.39, 0.29) is 11.7 Å². The Labute approximate surface area is 229 Å². The van der Waals surface area contributed by atoms with Crippen LogP contribution in [0.2, 0.25) is 0 Å². The minimum atomic E-state index is -0.0680. The topological polar surface area (TPSA) is 72.7 Å². The molecule has 190 valence electrons. The van der Waals surface area contributed by atoms with E-state index < -0.39 is 0 Å². The minimum absolute atomic E-state index is 0.0680. The van der Waals surface area contributed by atoms with E-state index in [9.17, 15) is 4.79 Å². The summed E-state index contributed by atoms with van der Waals surface area (Å²) in [5, 5.41) is 15.8. The number of nitrogens with zero attached hydrogens (tertiary/aromatic N) is 4. The molecule has 0 fully saturated rings. The van der Waals surface area contributed by atoms with Crippen molar-refractivity contribution in [1.29, 1.82) is 0 Å². The van der Waals surface area contributed by atoms with Gasteiger partial charge in [-0.15, -0.1) is 32.9 Å². The van der Waals surface area contributed by atoms with Crippen LogP contribution in [0.5, 0.6) is 0 Å². The number of aryl methyl sites for hydroxylation is 2. The number of thiophene rings is 1. The van der Waals surface area contributed by atoms with E-state index in [1.807, 2.05) is 24.3 Å². The zero-order valence-electron chi connectivity index (χ0n) is 21.2. The van der Waals surface area contributed by atoms with Gasteiger partial charge in [-0.1, -0.05) is 38.1 Å². The molecular formula is C28H29N5OS3. The summed E-state index contributed by atoms with van der Waals surface area (Å²) >= 11 is 4.88. The summed E-state index contributed by atoms with van der Waals surface area (Å²) in [5.41, 5.74) is 5.16. The summed E-state index contributed by atoms with van der Waals surface area (Å²) in [5.74, 6) is 1.08. The number of carbonyl (C=O) groups is 1. The lowest BCUT2D eigenvalue weighted by Crippen LogP contribution is -2.14. The van der Waals surface area contributed by atoms with Gasteiger partial charge in [0.2, 0.25) is 5.91 Å². The highest BCUT2D eigenvalue weighted by molar-refractivity contribution is 7.99. The van der Waals surface area contributed by atoms with Crippen LogP contribution in [-0.2, 0) is 17.8 Å². The summed E-state index contributed by atoms with van der Waals surface area (Å²) in [6.45, 7) is 7.24. The molecule has 0 atom stereocenters.